The predicted octanol–water partition coefficient (Wildman–Crippen LogP) is 2.67. The molecule has 0 heterocycles. The molecule has 0 aromatic heterocycles. The SMILES string of the molecule is C=CCC(C)Nc1cccc(C(=O)O)c1[N+](=O)[O-]. The minimum atomic E-state index is -1.32. The van der Waals surface area contributed by atoms with Crippen molar-refractivity contribution < 1.29 is 14.8 Å². The Hall–Kier alpha value is -2.37. The molecule has 0 aliphatic heterocycles. The molecular formula is C12H14N2O4. The van der Waals surface area contributed by atoms with E-state index in [1.165, 1.54) is 18.2 Å². The second kappa shape index (κ2) is 5.81. The second-order valence-electron chi connectivity index (χ2n) is 3.83. The normalized spacial score (nSPS) is 11.6. The van der Waals surface area contributed by atoms with Crippen molar-refractivity contribution in [1.82, 2.24) is 0 Å². The van der Waals surface area contributed by atoms with Gasteiger partial charge in [-0.2, -0.15) is 0 Å². The van der Waals surface area contributed by atoms with Crippen molar-refractivity contribution in [3.8, 4) is 0 Å². The van der Waals surface area contributed by atoms with Gasteiger partial charge in [-0.3, -0.25) is 10.1 Å². The first kappa shape index (κ1) is 13.7. The van der Waals surface area contributed by atoms with E-state index in [0.717, 1.165) is 0 Å². The van der Waals surface area contributed by atoms with Gasteiger partial charge >= 0.3 is 11.7 Å². The Balaban J connectivity index is 3.18. The van der Waals surface area contributed by atoms with Crippen molar-refractivity contribution in [3.05, 3.63) is 46.5 Å². The van der Waals surface area contributed by atoms with Crippen molar-refractivity contribution in [1.29, 1.82) is 0 Å². The number of anilines is 1. The summed E-state index contributed by atoms with van der Waals surface area (Å²) in [6.45, 7) is 5.41. The van der Waals surface area contributed by atoms with E-state index in [9.17, 15) is 14.9 Å². The molecule has 1 aromatic rings. The van der Waals surface area contributed by atoms with Gasteiger partial charge in [0, 0.05) is 6.04 Å². The maximum Gasteiger partial charge on any atom is 0.342 e. The smallest absolute Gasteiger partial charge is 0.342 e. The Bertz CT molecular complexity index is 485. The van der Waals surface area contributed by atoms with Crippen LogP contribution in [0.1, 0.15) is 23.7 Å². The van der Waals surface area contributed by atoms with Crippen molar-refractivity contribution in [2.45, 2.75) is 19.4 Å². The summed E-state index contributed by atoms with van der Waals surface area (Å²) in [6, 6.07) is 4.11. The summed E-state index contributed by atoms with van der Waals surface area (Å²) in [4.78, 5) is 21.2. The lowest BCUT2D eigenvalue weighted by Gasteiger charge is -2.14. The number of benzene rings is 1. The van der Waals surface area contributed by atoms with E-state index in [2.05, 4.69) is 11.9 Å². The van der Waals surface area contributed by atoms with Crippen LogP contribution >= 0.6 is 0 Å². The summed E-state index contributed by atoms with van der Waals surface area (Å²) in [5.41, 5.74) is -0.536. The number of nitro benzene ring substituents is 1. The molecule has 0 saturated carbocycles. The lowest BCUT2D eigenvalue weighted by Crippen LogP contribution is -2.16. The Morgan fingerprint density at radius 2 is 2.33 bits per heavy atom. The van der Waals surface area contributed by atoms with Gasteiger partial charge in [-0.15, -0.1) is 6.58 Å². The van der Waals surface area contributed by atoms with Crippen LogP contribution in [-0.2, 0) is 0 Å². The zero-order chi connectivity index (χ0) is 13.7. The number of hydrogen-bond acceptors (Lipinski definition) is 4. The van der Waals surface area contributed by atoms with E-state index in [-0.39, 0.29) is 17.3 Å². The minimum Gasteiger partial charge on any atom is -0.477 e. The molecule has 18 heavy (non-hydrogen) atoms. The average Bonchev–Trinajstić information content (AvgIpc) is 2.28. The van der Waals surface area contributed by atoms with Gasteiger partial charge in [-0.05, 0) is 25.5 Å². The standard InChI is InChI=1S/C12H14N2O4/c1-3-5-8(2)13-10-7-4-6-9(12(15)16)11(10)14(17)18/h3-4,6-8,13H,1,5H2,2H3,(H,15,16). The van der Waals surface area contributed by atoms with Gasteiger partial charge in [0.15, 0.2) is 0 Å². The van der Waals surface area contributed by atoms with E-state index in [0.29, 0.717) is 6.42 Å². The molecule has 1 rings (SSSR count). The van der Waals surface area contributed by atoms with E-state index in [4.69, 9.17) is 5.11 Å². The summed E-state index contributed by atoms with van der Waals surface area (Å²) in [5, 5.41) is 22.8. The van der Waals surface area contributed by atoms with Crippen LogP contribution in [0.2, 0.25) is 0 Å². The van der Waals surface area contributed by atoms with Gasteiger partial charge in [0.1, 0.15) is 11.3 Å². The van der Waals surface area contributed by atoms with E-state index in [1.807, 2.05) is 6.92 Å². The topological polar surface area (TPSA) is 92.5 Å². The van der Waals surface area contributed by atoms with Gasteiger partial charge in [-0.1, -0.05) is 12.1 Å². The minimum absolute atomic E-state index is 0.0646. The van der Waals surface area contributed by atoms with Crippen LogP contribution in [0.15, 0.2) is 30.9 Å². The molecule has 0 amide bonds. The lowest BCUT2D eigenvalue weighted by atomic mass is 10.1. The van der Waals surface area contributed by atoms with Gasteiger partial charge in [-0.25, -0.2) is 4.79 Å². The first-order valence-corrected chi connectivity index (χ1v) is 5.35. The fourth-order valence-corrected chi connectivity index (χ4v) is 1.60. The molecule has 0 radical (unpaired) electrons. The fourth-order valence-electron chi connectivity index (χ4n) is 1.60. The molecule has 0 spiro atoms. The number of nitro groups is 1. The van der Waals surface area contributed by atoms with Crippen LogP contribution in [0.25, 0.3) is 0 Å². The van der Waals surface area contributed by atoms with Crippen molar-refractivity contribution in [2.75, 3.05) is 5.32 Å². The average molecular weight is 250 g/mol. The van der Waals surface area contributed by atoms with Crippen LogP contribution in [-0.4, -0.2) is 22.0 Å². The zero-order valence-electron chi connectivity index (χ0n) is 9.92. The maximum atomic E-state index is 11.0. The summed E-state index contributed by atoms with van der Waals surface area (Å²) >= 11 is 0. The summed E-state index contributed by atoms with van der Waals surface area (Å²) in [6.07, 6.45) is 2.30. The number of nitrogens with one attached hydrogen (secondary N) is 1. The van der Waals surface area contributed by atoms with Crippen LogP contribution in [0.3, 0.4) is 0 Å². The number of nitrogens with zero attached hydrogens (tertiary/aromatic N) is 1. The summed E-state index contributed by atoms with van der Waals surface area (Å²) in [5.74, 6) is -1.32. The molecular weight excluding hydrogens is 236 g/mol. The van der Waals surface area contributed by atoms with Crippen LogP contribution in [0, 0.1) is 10.1 Å². The molecule has 6 nitrogen and oxygen atoms in total. The van der Waals surface area contributed by atoms with Gasteiger partial charge < -0.3 is 10.4 Å². The highest BCUT2D eigenvalue weighted by Gasteiger charge is 2.24. The lowest BCUT2D eigenvalue weighted by molar-refractivity contribution is -0.384. The number of carbonyl (C=O) groups is 1. The van der Waals surface area contributed by atoms with Gasteiger partial charge in [0.2, 0.25) is 0 Å². The molecule has 0 bridgehead atoms. The maximum absolute atomic E-state index is 11.0. The Morgan fingerprint density at radius 3 is 2.83 bits per heavy atom. The molecule has 1 unspecified atom stereocenters. The monoisotopic (exact) mass is 250 g/mol. The second-order valence-corrected chi connectivity index (χ2v) is 3.83. The third-order valence-electron chi connectivity index (χ3n) is 2.37. The first-order chi connectivity index (χ1) is 8.47. The zero-order valence-corrected chi connectivity index (χ0v) is 9.92. The molecule has 96 valence electrons. The molecule has 2 N–H and O–H groups in total. The summed E-state index contributed by atoms with van der Waals surface area (Å²) in [7, 11) is 0. The largest absolute Gasteiger partial charge is 0.477 e. The quantitative estimate of drug-likeness (QED) is 0.460. The van der Waals surface area contributed by atoms with Crippen molar-refractivity contribution in [3.63, 3.8) is 0 Å². The number of rotatable bonds is 6. The van der Waals surface area contributed by atoms with Crippen LogP contribution in [0.5, 0.6) is 0 Å². The number of para-hydroxylation sites is 1. The predicted molar refractivity (Wildman–Crippen MR) is 68.0 cm³/mol. The van der Waals surface area contributed by atoms with Crippen molar-refractivity contribution >= 4 is 17.3 Å². The first-order valence-electron chi connectivity index (χ1n) is 5.35. The number of carboxylic acid groups (broad SMARTS) is 1. The molecule has 0 aliphatic carbocycles. The van der Waals surface area contributed by atoms with Gasteiger partial charge in [0.25, 0.3) is 0 Å². The Kier molecular flexibility index (Phi) is 4.42. The molecule has 0 fully saturated rings. The third-order valence-corrected chi connectivity index (χ3v) is 2.37. The highest BCUT2D eigenvalue weighted by Crippen LogP contribution is 2.29. The number of hydrogen-bond donors (Lipinski definition) is 2. The Labute approximate surface area is 104 Å². The summed E-state index contributed by atoms with van der Waals surface area (Å²) < 4.78 is 0. The van der Waals surface area contributed by atoms with Crippen molar-refractivity contribution in [2.24, 2.45) is 0 Å². The third kappa shape index (κ3) is 3.07. The van der Waals surface area contributed by atoms with E-state index in [1.54, 1.807) is 6.08 Å². The van der Waals surface area contributed by atoms with Crippen LogP contribution < -0.4 is 5.32 Å². The molecule has 1 aromatic carbocycles. The number of carboxylic acids is 1. The van der Waals surface area contributed by atoms with Crippen LogP contribution in [0.4, 0.5) is 11.4 Å². The molecule has 0 saturated heterocycles. The fraction of sp³-hybridized carbons (Fsp3) is 0.250. The molecule has 0 aliphatic rings. The molecule has 6 heteroatoms. The molecule has 1 atom stereocenters. The highest BCUT2D eigenvalue weighted by atomic mass is 16.6. The number of aromatic carboxylic acids is 1. The highest BCUT2D eigenvalue weighted by molar-refractivity contribution is 5.95. The van der Waals surface area contributed by atoms with E-state index < -0.39 is 16.6 Å². The van der Waals surface area contributed by atoms with Gasteiger partial charge in [0.05, 0.1) is 4.92 Å². The van der Waals surface area contributed by atoms with E-state index >= 15 is 0 Å². The Morgan fingerprint density at radius 1 is 1.67 bits per heavy atom.